The van der Waals surface area contributed by atoms with E-state index >= 15 is 0 Å². The highest BCUT2D eigenvalue weighted by Gasteiger charge is 2.22. The average molecular weight is 243 g/mol. The molecular weight excluding hydrogens is 230 g/mol. The van der Waals surface area contributed by atoms with Crippen molar-refractivity contribution in [2.45, 2.75) is 19.4 Å². The van der Waals surface area contributed by atoms with Crippen molar-refractivity contribution < 1.29 is 0 Å². The summed E-state index contributed by atoms with van der Waals surface area (Å²) in [6.45, 7) is 4.15. The second kappa shape index (κ2) is 4.56. The minimum absolute atomic E-state index is 0.234. The summed E-state index contributed by atoms with van der Waals surface area (Å²) in [4.78, 5) is 4.32. The van der Waals surface area contributed by atoms with Crippen LogP contribution < -0.4 is 5.32 Å². The molecule has 0 spiro atoms. The van der Waals surface area contributed by atoms with E-state index in [-0.39, 0.29) is 5.54 Å². The van der Waals surface area contributed by atoms with Crippen LogP contribution >= 0.6 is 11.3 Å². The maximum Gasteiger partial charge on any atom is 0.117 e. The van der Waals surface area contributed by atoms with E-state index in [1.54, 1.807) is 23.6 Å². The van der Waals surface area contributed by atoms with Gasteiger partial charge in [-0.3, -0.25) is 0 Å². The van der Waals surface area contributed by atoms with Crippen molar-refractivity contribution in [2.24, 2.45) is 0 Å². The average Bonchev–Trinajstić information content (AvgIpc) is 2.83. The first-order valence-electron chi connectivity index (χ1n) is 5.30. The van der Waals surface area contributed by atoms with Crippen LogP contribution in [0.1, 0.15) is 24.4 Å². The van der Waals surface area contributed by atoms with E-state index in [1.807, 2.05) is 23.6 Å². The first kappa shape index (κ1) is 11.6. The molecule has 0 saturated carbocycles. The number of nitrogens with zero attached hydrogens (tertiary/aromatic N) is 2. The number of rotatable bonds is 3. The Morgan fingerprint density at radius 1 is 1.41 bits per heavy atom. The number of benzene rings is 1. The largest absolute Gasteiger partial charge is 0.374 e. The van der Waals surface area contributed by atoms with Crippen LogP contribution in [0.2, 0.25) is 0 Å². The Morgan fingerprint density at radius 3 is 2.88 bits per heavy atom. The molecule has 1 aromatic heterocycles. The smallest absolute Gasteiger partial charge is 0.117 e. The molecule has 1 aromatic carbocycles. The maximum absolute atomic E-state index is 8.86. The third-order valence-electron chi connectivity index (χ3n) is 2.42. The van der Waals surface area contributed by atoms with Crippen molar-refractivity contribution in [1.82, 2.24) is 4.98 Å². The fraction of sp³-hybridized carbons (Fsp3) is 0.231. The monoisotopic (exact) mass is 243 g/mol. The Kier molecular flexibility index (Phi) is 3.12. The van der Waals surface area contributed by atoms with E-state index in [9.17, 15) is 0 Å². The number of hydrogen-bond acceptors (Lipinski definition) is 4. The highest BCUT2D eigenvalue weighted by molar-refractivity contribution is 7.09. The van der Waals surface area contributed by atoms with Gasteiger partial charge in [0, 0.05) is 17.3 Å². The molecule has 0 aliphatic carbocycles. The first-order chi connectivity index (χ1) is 8.12. The summed E-state index contributed by atoms with van der Waals surface area (Å²) in [5.74, 6) is 0. The molecule has 0 bridgehead atoms. The van der Waals surface area contributed by atoms with Gasteiger partial charge in [0.1, 0.15) is 5.01 Å². The molecule has 2 rings (SSSR count). The third kappa shape index (κ3) is 2.63. The molecule has 0 radical (unpaired) electrons. The summed E-state index contributed by atoms with van der Waals surface area (Å²) in [5, 5.41) is 15.2. The molecule has 2 aromatic rings. The molecule has 0 atom stereocenters. The molecule has 0 amide bonds. The van der Waals surface area contributed by atoms with Crippen molar-refractivity contribution in [1.29, 1.82) is 5.26 Å². The van der Waals surface area contributed by atoms with Gasteiger partial charge in [-0.25, -0.2) is 4.98 Å². The zero-order valence-corrected chi connectivity index (χ0v) is 10.6. The van der Waals surface area contributed by atoms with E-state index < -0.39 is 0 Å². The number of nitriles is 1. The molecule has 86 valence electrons. The van der Waals surface area contributed by atoms with E-state index in [0.717, 1.165) is 10.7 Å². The molecule has 0 fully saturated rings. The van der Waals surface area contributed by atoms with Gasteiger partial charge in [0.05, 0.1) is 17.2 Å². The van der Waals surface area contributed by atoms with E-state index in [4.69, 9.17) is 5.26 Å². The van der Waals surface area contributed by atoms with Gasteiger partial charge in [-0.2, -0.15) is 5.26 Å². The first-order valence-corrected chi connectivity index (χ1v) is 6.18. The van der Waals surface area contributed by atoms with Crippen LogP contribution in [0.15, 0.2) is 35.8 Å². The number of thiazole rings is 1. The molecule has 0 aliphatic heterocycles. The Bertz CT molecular complexity index is 538. The van der Waals surface area contributed by atoms with Crippen molar-refractivity contribution in [2.75, 3.05) is 5.32 Å². The fourth-order valence-electron chi connectivity index (χ4n) is 1.61. The second-order valence-electron chi connectivity index (χ2n) is 4.28. The number of anilines is 1. The number of nitrogens with one attached hydrogen (secondary N) is 1. The Labute approximate surface area is 105 Å². The molecular formula is C13H13N3S. The lowest BCUT2D eigenvalue weighted by atomic mass is 10.1. The molecule has 0 unspecified atom stereocenters. The minimum Gasteiger partial charge on any atom is -0.374 e. The van der Waals surface area contributed by atoms with Crippen LogP contribution in [0.5, 0.6) is 0 Å². The van der Waals surface area contributed by atoms with Crippen molar-refractivity contribution in [3.8, 4) is 6.07 Å². The van der Waals surface area contributed by atoms with Crippen LogP contribution in [0.4, 0.5) is 5.69 Å². The second-order valence-corrected chi connectivity index (χ2v) is 5.17. The van der Waals surface area contributed by atoms with Crippen molar-refractivity contribution in [3.05, 3.63) is 46.4 Å². The normalized spacial score (nSPS) is 10.9. The predicted molar refractivity (Wildman–Crippen MR) is 69.9 cm³/mol. The van der Waals surface area contributed by atoms with Gasteiger partial charge in [0.15, 0.2) is 0 Å². The molecule has 1 N–H and O–H groups in total. The summed E-state index contributed by atoms with van der Waals surface area (Å²) >= 11 is 1.62. The van der Waals surface area contributed by atoms with Crippen LogP contribution in [0.25, 0.3) is 0 Å². The fourth-order valence-corrected chi connectivity index (χ4v) is 2.33. The Hall–Kier alpha value is -1.86. The zero-order valence-electron chi connectivity index (χ0n) is 9.77. The lowest BCUT2D eigenvalue weighted by molar-refractivity contribution is 0.604. The molecule has 0 saturated heterocycles. The summed E-state index contributed by atoms with van der Waals surface area (Å²) in [6.07, 6.45) is 1.80. The van der Waals surface area contributed by atoms with E-state index in [0.29, 0.717) is 5.56 Å². The van der Waals surface area contributed by atoms with Crippen LogP contribution in [-0.4, -0.2) is 4.98 Å². The van der Waals surface area contributed by atoms with Gasteiger partial charge < -0.3 is 5.32 Å². The zero-order chi connectivity index (χ0) is 12.3. The topological polar surface area (TPSA) is 48.7 Å². The van der Waals surface area contributed by atoms with Gasteiger partial charge in [-0.05, 0) is 32.0 Å². The standard InChI is InChI=1S/C13H13N3S/c1-13(2,12-15-6-7-17-12)16-11-5-3-4-10(8-11)9-14/h3-8,16H,1-2H3. The molecule has 0 aliphatic rings. The lowest BCUT2D eigenvalue weighted by Gasteiger charge is -2.25. The summed E-state index contributed by atoms with van der Waals surface area (Å²) in [5.41, 5.74) is 1.36. The number of aromatic nitrogens is 1. The number of hydrogen-bond donors (Lipinski definition) is 1. The molecule has 3 nitrogen and oxygen atoms in total. The van der Waals surface area contributed by atoms with Gasteiger partial charge in [0.25, 0.3) is 0 Å². The quantitative estimate of drug-likeness (QED) is 0.899. The lowest BCUT2D eigenvalue weighted by Crippen LogP contribution is -2.27. The van der Waals surface area contributed by atoms with Crippen molar-refractivity contribution in [3.63, 3.8) is 0 Å². The van der Waals surface area contributed by atoms with E-state index in [1.165, 1.54) is 0 Å². The molecule has 17 heavy (non-hydrogen) atoms. The van der Waals surface area contributed by atoms with E-state index in [2.05, 4.69) is 30.2 Å². The van der Waals surface area contributed by atoms with Crippen molar-refractivity contribution >= 4 is 17.0 Å². The maximum atomic E-state index is 8.86. The van der Waals surface area contributed by atoms with Gasteiger partial charge in [-0.15, -0.1) is 11.3 Å². The SMILES string of the molecule is CC(C)(Nc1cccc(C#N)c1)c1nccs1. The highest BCUT2D eigenvalue weighted by Crippen LogP contribution is 2.27. The Balaban J connectivity index is 2.23. The molecule has 1 heterocycles. The van der Waals surface area contributed by atoms with Gasteiger partial charge in [-0.1, -0.05) is 6.07 Å². The predicted octanol–water partition coefficient (Wildman–Crippen LogP) is 3.36. The van der Waals surface area contributed by atoms with Gasteiger partial charge in [0.2, 0.25) is 0 Å². The third-order valence-corrected chi connectivity index (χ3v) is 3.51. The Morgan fingerprint density at radius 2 is 2.24 bits per heavy atom. The van der Waals surface area contributed by atoms with Crippen LogP contribution in [0, 0.1) is 11.3 Å². The van der Waals surface area contributed by atoms with Crippen LogP contribution in [0.3, 0.4) is 0 Å². The summed E-state index contributed by atoms with van der Waals surface area (Å²) in [6, 6.07) is 9.60. The minimum atomic E-state index is -0.234. The summed E-state index contributed by atoms with van der Waals surface area (Å²) in [7, 11) is 0. The molecule has 4 heteroatoms. The summed E-state index contributed by atoms with van der Waals surface area (Å²) < 4.78 is 0. The highest BCUT2D eigenvalue weighted by atomic mass is 32.1. The van der Waals surface area contributed by atoms with Gasteiger partial charge >= 0.3 is 0 Å². The van der Waals surface area contributed by atoms with Crippen LogP contribution in [-0.2, 0) is 5.54 Å².